The first kappa shape index (κ1) is 27.4. The number of piperazine rings is 1. The van der Waals surface area contributed by atoms with Gasteiger partial charge in [-0.25, -0.2) is 9.97 Å². The molecule has 1 aromatic heterocycles. The molecule has 11 heteroatoms. The third-order valence-electron chi connectivity index (χ3n) is 6.24. The molecule has 0 saturated carbocycles. The van der Waals surface area contributed by atoms with Crippen molar-refractivity contribution in [1.82, 2.24) is 19.8 Å². The molecule has 1 aliphatic heterocycles. The van der Waals surface area contributed by atoms with Crippen LogP contribution in [-0.4, -0.2) is 58.9 Å². The van der Waals surface area contributed by atoms with Crippen molar-refractivity contribution in [3.63, 3.8) is 0 Å². The van der Waals surface area contributed by atoms with Crippen molar-refractivity contribution in [2.75, 3.05) is 44.3 Å². The zero-order chi connectivity index (χ0) is 27.4. The monoisotopic (exact) mass is 542 g/mol. The van der Waals surface area contributed by atoms with Gasteiger partial charge in [0.15, 0.2) is 11.0 Å². The van der Waals surface area contributed by atoms with Crippen molar-refractivity contribution in [1.29, 1.82) is 0 Å². The number of rotatable bonds is 4. The second-order valence-electron chi connectivity index (χ2n) is 9.11. The molecule has 2 heterocycles. The number of carbonyl (C=O) groups excluding carboxylic acids is 1. The minimum atomic E-state index is -4.55. The molecule has 38 heavy (non-hydrogen) atoms. The summed E-state index contributed by atoms with van der Waals surface area (Å²) in [5.41, 5.74) is 6.94. The molecule has 0 unspecified atom stereocenters. The van der Waals surface area contributed by atoms with Gasteiger partial charge in [-0.05, 0) is 55.3 Å². The van der Waals surface area contributed by atoms with E-state index in [9.17, 15) is 18.0 Å². The van der Waals surface area contributed by atoms with Gasteiger partial charge in [-0.3, -0.25) is 9.69 Å². The van der Waals surface area contributed by atoms with Crippen LogP contribution in [0.2, 0.25) is 5.15 Å². The Labute approximate surface area is 223 Å². The number of benzene rings is 2. The number of aryl methyl sites for hydroxylation is 1. The Kier molecular flexibility index (Phi) is 8.21. The number of nitrogens with zero attached hydrogens (tertiary/aromatic N) is 4. The standard InChI is InChI=1S/C27H26ClF3N6O/c1-17-3-4-19(13-18(17)5-8-22-15-33-25(32)24(28)34-22)26(38)35-21-7-6-20(23(14-21)27(29,30)31)16-37-11-9-36(2)10-12-37/h3-4,6-7,13-15H,9-12,16H2,1-2H3,(H2,32,33)(H,35,38). The largest absolute Gasteiger partial charge is 0.416 e. The number of nitrogen functional groups attached to an aromatic ring is 1. The minimum Gasteiger partial charge on any atom is -0.381 e. The summed E-state index contributed by atoms with van der Waals surface area (Å²) >= 11 is 5.88. The maximum Gasteiger partial charge on any atom is 0.416 e. The molecule has 1 fully saturated rings. The molecule has 3 aromatic rings. The molecular weight excluding hydrogens is 517 g/mol. The van der Waals surface area contributed by atoms with Gasteiger partial charge in [0.1, 0.15) is 5.69 Å². The predicted octanol–water partition coefficient (Wildman–Crippen LogP) is 4.44. The topological polar surface area (TPSA) is 87.4 Å². The lowest BCUT2D eigenvalue weighted by molar-refractivity contribution is -0.138. The van der Waals surface area contributed by atoms with Gasteiger partial charge in [0, 0.05) is 49.5 Å². The fourth-order valence-corrected chi connectivity index (χ4v) is 4.11. The fourth-order valence-electron chi connectivity index (χ4n) is 3.97. The normalized spacial score (nSPS) is 14.6. The van der Waals surface area contributed by atoms with Crippen LogP contribution < -0.4 is 11.1 Å². The molecule has 0 radical (unpaired) electrons. The molecule has 198 valence electrons. The third-order valence-corrected chi connectivity index (χ3v) is 6.52. The van der Waals surface area contributed by atoms with E-state index < -0.39 is 17.6 Å². The van der Waals surface area contributed by atoms with Crippen LogP contribution in [0.5, 0.6) is 0 Å². The second kappa shape index (κ2) is 11.4. The maximum atomic E-state index is 13.9. The van der Waals surface area contributed by atoms with Gasteiger partial charge in [-0.2, -0.15) is 13.2 Å². The number of aromatic nitrogens is 2. The Morgan fingerprint density at radius 3 is 2.55 bits per heavy atom. The van der Waals surface area contributed by atoms with E-state index in [1.165, 1.54) is 18.3 Å². The molecule has 0 bridgehead atoms. The van der Waals surface area contributed by atoms with E-state index in [1.54, 1.807) is 18.2 Å². The highest BCUT2D eigenvalue weighted by Gasteiger charge is 2.34. The highest BCUT2D eigenvalue weighted by molar-refractivity contribution is 6.31. The van der Waals surface area contributed by atoms with Crippen LogP contribution in [0.25, 0.3) is 0 Å². The van der Waals surface area contributed by atoms with Gasteiger partial charge in [0.05, 0.1) is 11.8 Å². The molecule has 0 spiro atoms. The van der Waals surface area contributed by atoms with E-state index in [2.05, 4.69) is 32.0 Å². The number of alkyl halides is 3. The second-order valence-corrected chi connectivity index (χ2v) is 9.47. The molecule has 0 atom stereocenters. The average molecular weight is 543 g/mol. The molecule has 4 rings (SSSR count). The maximum absolute atomic E-state index is 13.9. The number of hydrogen-bond donors (Lipinski definition) is 2. The van der Waals surface area contributed by atoms with Crippen molar-refractivity contribution < 1.29 is 18.0 Å². The van der Waals surface area contributed by atoms with E-state index in [1.807, 2.05) is 18.9 Å². The van der Waals surface area contributed by atoms with Crippen molar-refractivity contribution in [2.45, 2.75) is 19.6 Å². The van der Waals surface area contributed by atoms with Crippen LogP contribution in [0.3, 0.4) is 0 Å². The molecule has 3 N–H and O–H groups in total. The highest BCUT2D eigenvalue weighted by atomic mass is 35.5. The van der Waals surface area contributed by atoms with E-state index in [0.29, 0.717) is 24.3 Å². The average Bonchev–Trinajstić information content (AvgIpc) is 2.87. The first-order valence-electron chi connectivity index (χ1n) is 11.8. The van der Waals surface area contributed by atoms with E-state index in [0.717, 1.165) is 24.7 Å². The molecular formula is C27H26ClF3N6O. The summed E-state index contributed by atoms with van der Waals surface area (Å²) in [4.78, 5) is 25.0. The van der Waals surface area contributed by atoms with Crippen LogP contribution in [0.15, 0.2) is 42.6 Å². The lowest BCUT2D eigenvalue weighted by atomic mass is 10.0. The molecule has 1 amide bonds. The Morgan fingerprint density at radius 1 is 1.13 bits per heavy atom. The summed E-state index contributed by atoms with van der Waals surface area (Å²) in [5.74, 6) is 5.29. The summed E-state index contributed by atoms with van der Waals surface area (Å²) in [6.45, 7) is 5.02. The molecule has 1 aliphatic rings. The number of halogens is 4. The molecule has 2 aromatic carbocycles. The van der Waals surface area contributed by atoms with Crippen LogP contribution in [0.4, 0.5) is 24.7 Å². The van der Waals surface area contributed by atoms with Crippen molar-refractivity contribution in [2.24, 2.45) is 0 Å². The number of likely N-dealkylation sites (N-methyl/N-ethyl adjacent to an activating group) is 1. The third kappa shape index (κ3) is 6.81. The van der Waals surface area contributed by atoms with Crippen LogP contribution in [0.1, 0.15) is 38.3 Å². The highest BCUT2D eigenvalue weighted by Crippen LogP contribution is 2.34. The van der Waals surface area contributed by atoms with Crippen LogP contribution in [-0.2, 0) is 12.7 Å². The number of anilines is 2. The van der Waals surface area contributed by atoms with E-state index in [4.69, 9.17) is 17.3 Å². The van der Waals surface area contributed by atoms with Crippen LogP contribution in [0, 0.1) is 18.8 Å². The summed E-state index contributed by atoms with van der Waals surface area (Å²) in [6, 6.07) is 8.78. The summed E-state index contributed by atoms with van der Waals surface area (Å²) in [5, 5.41) is 2.62. The van der Waals surface area contributed by atoms with Crippen molar-refractivity contribution in [3.8, 4) is 11.8 Å². The Morgan fingerprint density at radius 2 is 1.87 bits per heavy atom. The zero-order valence-corrected chi connectivity index (χ0v) is 21.6. The molecule has 1 saturated heterocycles. The van der Waals surface area contributed by atoms with Gasteiger partial charge in [0.25, 0.3) is 5.91 Å². The summed E-state index contributed by atoms with van der Waals surface area (Å²) in [7, 11) is 1.99. The van der Waals surface area contributed by atoms with E-state index >= 15 is 0 Å². The lowest BCUT2D eigenvalue weighted by Crippen LogP contribution is -2.44. The van der Waals surface area contributed by atoms with Crippen molar-refractivity contribution in [3.05, 3.63) is 81.3 Å². The van der Waals surface area contributed by atoms with Crippen molar-refractivity contribution >= 4 is 29.0 Å². The summed E-state index contributed by atoms with van der Waals surface area (Å²) < 4.78 is 41.7. The Balaban J connectivity index is 1.53. The Hall–Kier alpha value is -3.65. The predicted molar refractivity (Wildman–Crippen MR) is 141 cm³/mol. The van der Waals surface area contributed by atoms with Gasteiger partial charge in [-0.15, -0.1) is 0 Å². The quantitative estimate of drug-likeness (QED) is 0.474. The molecule has 0 aliphatic carbocycles. The number of nitrogens with one attached hydrogen (secondary N) is 1. The van der Waals surface area contributed by atoms with Gasteiger partial charge < -0.3 is 16.0 Å². The smallest absolute Gasteiger partial charge is 0.381 e. The number of hydrogen-bond acceptors (Lipinski definition) is 6. The number of nitrogens with two attached hydrogens (primary N) is 1. The molecule has 7 nitrogen and oxygen atoms in total. The SMILES string of the molecule is Cc1ccc(C(=O)Nc2ccc(CN3CCN(C)CC3)c(C(F)(F)F)c2)cc1C#Cc1cnc(N)c(Cl)n1. The van der Waals surface area contributed by atoms with Gasteiger partial charge in [-0.1, -0.05) is 29.7 Å². The fraction of sp³-hybridized carbons (Fsp3) is 0.296. The summed E-state index contributed by atoms with van der Waals surface area (Å²) in [6.07, 6.45) is -3.17. The number of carbonyl (C=O) groups is 1. The van der Waals surface area contributed by atoms with E-state index in [-0.39, 0.29) is 34.3 Å². The first-order chi connectivity index (χ1) is 18.0. The lowest BCUT2D eigenvalue weighted by Gasteiger charge is -2.33. The number of amides is 1. The zero-order valence-electron chi connectivity index (χ0n) is 20.9. The van der Waals surface area contributed by atoms with Gasteiger partial charge in [0.2, 0.25) is 0 Å². The first-order valence-corrected chi connectivity index (χ1v) is 12.2. The van der Waals surface area contributed by atoms with Crippen LogP contribution >= 0.6 is 11.6 Å². The van der Waals surface area contributed by atoms with Gasteiger partial charge >= 0.3 is 6.18 Å². The minimum absolute atomic E-state index is 0.0365. The Bertz CT molecular complexity index is 1410.